The molecule has 4 rings (SSSR count). The van der Waals surface area contributed by atoms with Crippen LogP contribution in [0.15, 0.2) is 18.3 Å². The molecule has 0 aliphatic carbocycles. The summed E-state index contributed by atoms with van der Waals surface area (Å²) in [7, 11) is 0. The number of hydrogen-bond donors (Lipinski definition) is 6. The maximum atomic E-state index is 14.3. The van der Waals surface area contributed by atoms with Crippen LogP contribution in [-0.2, 0) is 6.42 Å². The van der Waals surface area contributed by atoms with Gasteiger partial charge in [-0.3, -0.25) is 4.98 Å². The zero-order valence-electron chi connectivity index (χ0n) is 22.5. The molecule has 13 heteroatoms. The van der Waals surface area contributed by atoms with E-state index in [-0.39, 0.29) is 42.9 Å². The van der Waals surface area contributed by atoms with Crippen LogP contribution in [0.4, 0.5) is 27.9 Å². The van der Waals surface area contributed by atoms with Crippen LogP contribution in [0.25, 0.3) is 22.1 Å². The third-order valence-corrected chi connectivity index (χ3v) is 6.43. The van der Waals surface area contributed by atoms with Crippen molar-refractivity contribution in [3.8, 4) is 0 Å². The Morgan fingerprint density at radius 2 is 1.64 bits per heavy atom. The van der Waals surface area contributed by atoms with Gasteiger partial charge in [0.15, 0.2) is 11.6 Å². The van der Waals surface area contributed by atoms with Crippen LogP contribution in [0.5, 0.6) is 0 Å². The van der Waals surface area contributed by atoms with Crippen molar-refractivity contribution in [3.63, 3.8) is 0 Å². The second-order valence-electron chi connectivity index (χ2n) is 9.55. The molecule has 0 saturated carbocycles. The first-order chi connectivity index (χ1) is 18.7. The number of aliphatic hydroxyl groups excluding tert-OH is 2. The van der Waals surface area contributed by atoms with Gasteiger partial charge in [-0.05, 0) is 44.7 Å². The number of aliphatic hydroxyl groups is 2. The number of nitrogens with two attached hydrogens (primary N) is 1. The monoisotopic (exact) mass is 538 g/mol. The van der Waals surface area contributed by atoms with Crippen molar-refractivity contribution in [1.29, 1.82) is 0 Å². The van der Waals surface area contributed by atoms with Crippen LogP contribution in [-0.4, -0.2) is 71.5 Å². The van der Waals surface area contributed by atoms with Crippen molar-refractivity contribution < 1.29 is 14.6 Å². The summed E-state index contributed by atoms with van der Waals surface area (Å²) in [4.78, 5) is 26.5. The van der Waals surface area contributed by atoms with Gasteiger partial charge in [-0.25, -0.2) is 19.3 Å². The quantitative estimate of drug-likeness (QED) is 0.155. The van der Waals surface area contributed by atoms with E-state index in [2.05, 4.69) is 45.9 Å². The van der Waals surface area contributed by atoms with Crippen molar-refractivity contribution >= 4 is 45.6 Å². The van der Waals surface area contributed by atoms with E-state index < -0.39 is 11.9 Å². The molecule has 7 N–H and O–H groups in total. The lowest BCUT2D eigenvalue weighted by molar-refractivity contribution is 0.264. The van der Waals surface area contributed by atoms with Gasteiger partial charge in [-0.1, -0.05) is 13.8 Å². The molecule has 39 heavy (non-hydrogen) atoms. The predicted molar refractivity (Wildman–Crippen MR) is 150 cm³/mol. The molecule has 4 heterocycles. The molecule has 208 valence electrons. The number of aryl methyl sites for hydroxylation is 2. The zero-order chi connectivity index (χ0) is 28.1. The van der Waals surface area contributed by atoms with E-state index in [1.54, 1.807) is 20.0 Å². The molecule has 0 radical (unpaired) electrons. The second-order valence-corrected chi connectivity index (χ2v) is 9.55. The van der Waals surface area contributed by atoms with Crippen molar-refractivity contribution in [2.75, 3.05) is 34.9 Å². The highest BCUT2D eigenvalue weighted by molar-refractivity contribution is 5.87. The van der Waals surface area contributed by atoms with Crippen molar-refractivity contribution in [2.24, 2.45) is 0 Å². The van der Waals surface area contributed by atoms with Gasteiger partial charge in [0.2, 0.25) is 11.9 Å². The van der Waals surface area contributed by atoms with Crippen LogP contribution in [0.3, 0.4) is 0 Å². The molecule has 0 aliphatic heterocycles. The molecular weight excluding hydrogens is 503 g/mol. The standard InChI is InChI=1S/C26H35FN10O2/c1-5-15-7-19-21(29-10-15)23(36-25(28)34-19)32-17(12-39)8-16(6-2)33-26-35-20-9-18(27)14(4)31-22(20)24(37-26)30-13(3)11-38/h7,9-10,13,16-17,38-39H,5-6,8,11-12H2,1-4H3,(H3,28,32,34,36)(H2,30,33,35,37)/t13-,16?,17+/m0/s1. The maximum Gasteiger partial charge on any atom is 0.225 e. The van der Waals surface area contributed by atoms with Crippen LogP contribution < -0.4 is 21.7 Å². The van der Waals surface area contributed by atoms with E-state index in [9.17, 15) is 14.6 Å². The smallest absolute Gasteiger partial charge is 0.225 e. The normalized spacial score (nSPS) is 13.8. The molecule has 0 saturated heterocycles. The Balaban J connectivity index is 1.58. The van der Waals surface area contributed by atoms with Crippen LogP contribution >= 0.6 is 0 Å². The fourth-order valence-electron chi connectivity index (χ4n) is 4.17. The van der Waals surface area contributed by atoms with E-state index in [0.717, 1.165) is 12.0 Å². The van der Waals surface area contributed by atoms with Crippen LogP contribution in [0.2, 0.25) is 0 Å². The number of pyridine rings is 2. The van der Waals surface area contributed by atoms with Crippen LogP contribution in [0, 0.1) is 12.7 Å². The molecule has 0 amide bonds. The third-order valence-electron chi connectivity index (χ3n) is 6.43. The Morgan fingerprint density at radius 1 is 0.897 bits per heavy atom. The molecule has 4 aromatic heterocycles. The van der Waals surface area contributed by atoms with Crippen molar-refractivity contribution in [3.05, 3.63) is 35.4 Å². The lowest BCUT2D eigenvalue weighted by atomic mass is 10.1. The summed E-state index contributed by atoms with van der Waals surface area (Å²) in [6.45, 7) is 7.10. The summed E-state index contributed by atoms with van der Waals surface area (Å²) in [5, 5.41) is 29.4. The number of halogens is 1. The molecule has 0 aromatic carbocycles. The Kier molecular flexibility index (Phi) is 8.82. The highest BCUT2D eigenvalue weighted by atomic mass is 19.1. The largest absolute Gasteiger partial charge is 0.394 e. The van der Waals surface area contributed by atoms with Crippen LogP contribution in [0.1, 0.15) is 44.9 Å². The average Bonchev–Trinajstić information content (AvgIpc) is 2.92. The first kappa shape index (κ1) is 28.0. The molecule has 3 atom stereocenters. The summed E-state index contributed by atoms with van der Waals surface area (Å²) in [5.41, 5.74) is 9.15. The van der Waals surface area contributed by atoms with Gasteiger partial charge >= 0.3 is 0 Å². The Hall–Kier alpha value is -3.97. The number of hydrogen-bond acceptors (Lipinski definition) is 12. The summed E-state index contributed by atoms with van der Waals surface area (Å²) < 4.78 is 14.3. The molecule has 12 nitrogen and oxygen atoms in total. The topological polar surface area (TPSA) is 180 Å². The number of rotatable bonds is 12. The molecule has 0 bridgehead atoms. The van der Waals surface area contributed by atoms with E-state index in [0.29, 0.717) is 46.5 Å². The van der Waals surface area contributed by atoms with E-state index in [1.165, 1.54) is 6.07 Å². The first-order valence-corrected chi connectivity index (χ1v) is 13.0. The van der Waals surface area contributed by atoms with Gasteiger partial charge in [-0.2, -0.15) is 9.97 Å². The molecular formula is C26H35FN10O2. The fraction of sp³-hybridized carbons (Fsp3) is 0.462. The number of anilines is 4. The fourth-order valence-corrected chi connectivity index (χ4v) is 4.17. The lowest BCUT2D eigenvalue weighted by Crippen LogP contribution is -2.33. The van der Waals surface area contributed by atoms with Gasteiger partial charge in [-0.15, -0.1) is 0 Å². The highest BCUT2D eigenvalue weighted by Gasteiger charge is 2.20. The third kappa shape index (κ3) is 6.55. The van der Waals surface area contributed by atoms with E-state index in [4.69, 9.17) is 5.73 Å². The summed E-state index contributed by atoms with van der Waals surface area (Å²) in [6, 6.07) is 2.38. The minimum atomic E-state index is -0.471. The SMILES string of the molecule is CCc1cnc2c(N[C@@H](CO)CC(CC)Nc3nc(N[C@@H](C)CO)c4nc(C)c(F)cc4n3)nc(N)nc2c1. The molecule has 1 unspecified atom stereocenters. The second kappa shape index (κ2) is 12.3. The maximum absolute atomic E-state index is 14.3. The van der Waals surface area contributed by atoms with E-state index >= 15 is 0 Å². The average molecular weight is 539 g/mol. The Morgan fingerprint density at radius 3 is 2.33 bits per heavy atom. The van der Waals surface area contributed by atoms with Crippen molar-refractivity contribution in [2.45, 2.75) is 65.1 Å². The van der Waals surface area contributed by atoms with Gasteiger partial charge in [0.05, 0.1) is 36.0 Å². The number of nitrogen functional groups attached to an aromatic ring is 1. The van der Waals surface area contributed by atoms with Gasteiger partial charge in [0.1, 0.15) is 16.9 Å². The van der Waals surface area contributed by atoms with Crippen molar-refractivity contribution in [1.82, 2.24) is 29.9 Å². The number of aromatic nitrogens is 6. The summed E-state index contributed by atoms with van der Waals surface area (Å²) in [5.74, 6) is 0.742. The van der Waals surface area contributed by atoms with Gasteiger partial charge in [0, 0.05) is 24.3 Å². The Labute approximate surface area is 225 Å². The first-order valence-electron chi connectivity index (χ1n) is 13.0. The molecule has 0 aliphatic rings. The number of fused-ring (bicyclic) bond motifs is 2. The summed E-state index contributed by atoms with van der Waals surface area (Å²) in [6.07, 6.45) is 3.74. The molecule has 4 aromatic rings. The minimum Gasteiger partial charge on any atom is -0.394 e. The molecule has 0 spiro atoms. The zero-order valence-corrected chi connectivity index (χ0v) is 22.5. The van der Waals surface area contributed by atoms with Gasteiger partial charge < -0.3 is 31.9 Å². The van der Waals surface area contributed by atoms with E-state index in [1.807, 2.05) is 19.9 Å². The number of nitrogens with one attached hydrogen (secondary N) is 3. The molecule has 0 fully saturated rings. The Bertz CT molecular complexity index is 1450. The lowest BCUT2D eigenvalue weighted by Gasteiger charge is -2.24. The highest BCUT2D eigenvalue weighted by Crippen LogP contribution is 2.25. The summed E-state index contributed by atoms with van der Waals surface area (Å²) >= 11 is 0. The minimum absolute atomic E-state index is 0.111. The van der Waals surface area contributed by atoms with Gasteiger partial charge in [0.25, 0.3) is 0 Å². The number of nitrogens with zero attached hydrogens (tertiary/aromatic N) is 6. The predicted octanol–water partition coefficient (Wildman–Crippen LogP) is 2.80.